The van der Waals surface area contributed by atoms with Crippen LogP contribution < -0.4 is 10.2 Å². The number of aryl methyl sites for hydroxylation is 2. The average Bonchev–Trinajstić information content (AvgIpc) is 2.64. The predicted octanol–water partition coefficient (Wildman–Crippen LogP) is 3.73. The van der Waals surface area contributed by atoms with Crippen LogP contribution in [0.25, 0.3) is 0 Å². The third-order valence-corrected chi connectivity index (χ3v) is 5.26. The number of nitrogens with zero attached hydrogens (tertiary/aromatic N) is 2. The third-order valence-electron chi connectivity index (χ3n) is 4.94. The lowest BCUT2D eigenvalue weighted by Crippen LogP contribution is -2.39. The van der Waals surface area contributed by atoms with E-state index in [4.69, 9.17) is 11.6 Å². The van der Waals surface area contributed by atoms with Gasteiger partial charge in [-0.1, -0.05) is 11.6 Å². The van der Waals surface area contributed by atoms with Gasteiger partial charge in [0.05, 0.1) is 10.6 Å². The summed E-state index contributed by atoms with van der Waals surface area (Å²) in [5, 5.41) is 13.8. The molecule has 0 bridgehead atoms. The van der Waals surface area contributed by atoms with Crippen molar-refractivity contribution < 1.29 is 14.5 Å². The first-order chi connectivity index (χ1) is 12.9. The molecule has 27 heavy (non-hydrogen) atoms. The van der Waals surface area contributed by atoms with Crippen LogP contribution in [0.15, 0.2) is 30.3 Å². The first-order valence-electron chi connectivity index (χ1n) is 8.65. The molecular formula is C19H16ClN3O4. The molecule has 2 aromatic rings. The van der Waals surface area contributed by atoms with E-state index in [9.17, 15) is 19.7 Å². The number of hydrogen-bond donors (Lipinski definition) is 1. The Labute approximate surface area is 160 Å². The van der Waals surface area contributed by atoms with Gasteiger partial charge in [0, 0.05) is 30.3 Å². The smallest absolute Gasteiger partial charge is 0.288 e. The number of nitro groups is 1. The van der Waals surface area contributed by atoms with Gasteiger partial charge in [0.1, 0.15) is 5.02 Å². The summed E-state index contributed by atoms with van der Waals surface area (Å²) < 4.78 is 0. The van der Waals surface area contributed by atoms with Crippen molar-refractivity contribution >= 4 is 40.5 Å². The minimum atomic E-state index is -0.617. The van der Waals surface area contributed by atoms with Crippen LogP contribution in [0.1, 0.15) is 34.3 Å². The fraction of sp³-hybridized carbons (Fsp3) is 0.263. The standard InChI is InChI=1S/C19H16ClN3O4/c20-15-5-3-13(10-16(15)23(26)27)19(25)21-14-8-11-2-1-7-22-17(24)6-4-12(9-14)18(11)22/h3,5,8-10H,1-2,4,6-7H2,(H,21,25). The van der Waals surface area contributed by atoms with Crippen LogP contribution in [-0.4, -0.2) is 23.3 Å². The second-order valence-corrected chi connectivity index (χ2v) is 7.08. The Morgan fingerprint density at radius 1 is 1.15 bits per heavy atom. The SMILES string of the molecule is O=C(Nc1cc2c3c(c1)CCC(=O)N3CCC2)c1ccc(Cl)c([N+](=O)[O-])c1. The molecule has 4 rings (SSSR count). The van der Waals surface area contributed by atoms with E-state index >= 15 is 0 Å². The summed E-state index contributed by atoms with van der Waals surface area (Å²) in [7, 11) is 0. The molecule has 0 radical (unpaired) electrons. The highest BCUT2D eigenvalue weighted by molar-refractivity contribution is 6.32. The molecule has 138 valence electrons. The number of nitrogens with one attached hydrogen (secondary N) is 1. The van der Waals surface area contributed by atoms with E-state index < -0.39 is 10.8 Å². The number of carbonyl (C=O) groups is 2. The molecule has 7 nitrogen and oxygen atoms in total. The molecule has 2 aliphatic rings. The van der Waals surface area contributed by atoms with Crippen LogP contribution in [0.3, 0.4) is 0 Å². The third kappa shape index (κ3) is 3.14. The van der Waals surface area contributed by atoms with Crippen molar-refractivity contribution in [1.29, 1.82) is 0 Å². The van der Waals surface area contributed by atoms with Crippen LogP contribution in [0.4, 0.5) is 17.1 Å². The van der Waals surface area contributed by atoms with Crippen LogP contribution >= 0.6 is 11.6 Å². The van der Waals surface area contributed by atoms with E-state index in [1.807, 2.05) is 17.0 Å². The molecule has 0 fully saturated rings. The summed E-state index contributed by atoms with van der Waals surface area (Å²) in [5.74, 6) is -0.296. The number of hydrogen-bond acceptors (Lipinski definition) is 4. The molecule has 0 aliphatic carbocycles. The molecule has 1 N–H and O–H groups in total. The van der Waals surface area contributed by atoms with Crippen LogP contribution in [0.5, 0.6) is 0 Å². The number of anilines is 2. The van der Waals surface area contributed by atoms with Crippen molar-refractivity contribution in [3.8, 4) is 0 Å². The van der Waals surface area contributed by atoms with E-state index in [0.717, 1.165) is 36.2 Å². The number of rotatable bonds is 3. The molecule has 2 aliphatic heterocycles. The minimum Gasteiger partial charge on any atom is -0.322 e. The molecule has 0 spiro atoms. The molecule has 2 aromatic carbocycles. The van der Waals surface area contributed by atoms with Gasteiger partial charge in [0.15, 0.2) is 0 Å². The van der Waals surface area contributed by atoms with Gasteiger partial charge in [-0.3, -0.25) is 19.7 Å². The molecule has 2 amide bonds. The molecule has 8 heteroatoms. The maximum absolute atomic E-state index is 12.6. The molecule has 0 saturated heterocycles. The highest BCUT2D eigenvalue weighted by Crippen LogP contribution is 2.38. The zero-order chi connectivity index (χ0) is 19.1. The van der Waals surface area contributed by atoms with Gasteiger partial charge in [-0.15, -0.1) is 0 Å². The number of benzene rings is 2. The van der Waals surface area contributed by atoms with Crippen molar-refractivity contribution in [3.63, 3.8) is 0 Å². The van der Waals surface area contributed by atoms with Gasteiger partial charge < -0.3 is 10.2 Å². The van der Waals surface area contributed by atoms with Crippen LogP contribution in [0, 0.1) is 10.1 Å². The zero-order valence-electron chi connectivity index (χ0n) is 14.3. The Balaban J connectivity index is 1.64. The zero-order valence-corrected chi connectivity index (χ0v) is 15.1. The summed E-state index contributed by atoms with van der Waals surface area (Å²) in [6, 6.07) is 7.72. The first kappa shape index (κ1) is 17.5. The van der Waals surface area contributed by atoms with Crippen molar-refractivity contribution in [2.75, 3.05) is 16.8 Å². The molecule has 0 atom stereocenters. The lowest BCUT2D eigenvalue weighted by Gasteiger charge is -2.35. The highest BCUT2D eigenvalue weighted by atomic mass is 35.5. The second-order valence-electron chi connectivity index (χ2n) is 6.67. The Kier molecular flexibility index (Phi) is 4.31. The Morgan fingerprint density at radius 2 is 1.89 bits per heavy atom. The van der Waals surface area contributed by atoms with E-state index in [2.05, 4.69) is 5.32 Å². The maximum atomic E-state index is 12.6. The molecular weight excluding hydrogens is 370 g/mol. The molecule has 0 unspecified atom stereocenters. The fourth-order valence-electron chi connectivity index (χ4n) is 3.72. The Bertz CT molecular complexity index is 972. The lowest BCUT2D eigenvalue weighted by atomic mass is 9.91. The lowest BCUT2D eigenvalue weighted by molar-refractivity contribution is -0.384. The highest BCUT2D eigenvalue weighted by Gasteiger charge is 2.29. The fourth-order valence-corrected chi connectivity index (χ4v) is 3.91. The summed E-state index contributed by atoms with van der Waals surface area (Å²) >= 11 is 5.80. The van der Waals surface area contributed by atoms with Gasteiger partial charge in [0.25, 0.3) is 11.6 Å². The van der Waals surface area contributed by atoms with E-state index in [0.29, 0.717) is 18.5 Å². The van der Waals surface area contributed by atoms with Crippen LogP contribution in [0.2, 0.25) is 5.02 Å². The van der Waals surface area contributed by atoms with E-state index in [1.54, 1.807) is 0 Å². The average molecular weight is 386 g/mol. The molecule has 2 heterocycles. The quantitative estimate of drug-likeness (QED) is 0.643. The van der Waals surface area contributed by atoms with Gasteiger partial charge in [-0.25, -0.2) is 0 Å². The van der Waals surface area contributed by atoms with E-state index in [1.165, 1.54) is 18.2 Å². The van der Waals surface area contributed by atoms with Gasteiger partial charge >= 0.3 is 0 Å². The first-order valence-corrected chi connectivity index (χ1v) is 9.03. The molecule has 0 saturated carbocycles. The summed E-state index contributed by atoms with van der Waals surface area (Å²) in [5.41, 5.74) is 3.56. The summed E-state index contributed by atoms with van der Waals surface area (Å²) in [6.45, 7) is 0.735. The van der Waals surface area contributed by atoms with Gasteiger partial charge in [0.2, 0.25) is 5.91 Å². The molecule has 0 aromatic heterocycles. The Morgan fingerprint density at radius 3 is 2.63 bits per heavy atom. The van der Waals surface area contributed by atoms with Crippen molar-refractivity contribution in [3.05, 3.63) is 62.2 Å². The van der Waals surface area contributed by atoms with Crippen LogP contribution in [-0.2, 0) is 17.6 Å². The minimum absolute atomic E-state index is 0.0143. The number of amides is 2. The van der Waals surface area contributed by atoms with Gasteiger partial charge in [-0.2, -0.15) is 0 Å². The van der Waals surface area contributed by atoms with Crippen molar-refractivity contribution in [2.24, 2.45) is 0 Å². The normalized spacial score (nSPS) is 15.3. The maximum Gasteiger partial charge on any atom is 0.288 e. The predicted molar refractivity (Wildman–Crippen MR) is 101 cm³/mol. The second kappa shape index (κ2) is 6.66. The Hall–Kier alpha value is -2.93. The van der Waals surface area contributed by atoms with Crippen molar-refractivity contribution in [2.45, 2.75) is 25.7 Å². The van der Waals surface area contributed by atoms with Gasteiger partial charge in [-0.05, 0) is 54.7 Å². The largest absolute Gasteiger partial charge is 0.322 e. The monoisotopic (exact) mass is 385 g/mol. The summed E-state index contributed by atoms with van der Waals surface area (Å²) in [4.78, 5) is 36.9. The topological polar surface area (TPSA) is 92.6 Å². The number of carbonyl (C=O) groups excluding carboxylic acids is 2. The van der Waals surface area contributed by atoms with Crippen molar-refractivity contribution in [1.82, 2.24) is 0 Å². The number of halogens is 1. The summed E-state index contributed by atoms with van der Waals surface area (Å²) in [6.07, 6.45) is 2.85. The van der Waals surface area contributed by atoms with E-state index in [-0.39, 0.29) is 22.2 Å². The number of nitro benzene ring substituents is 1.